The number of aromatic nitrogens is 4. The normalized spacial score (nSPS) is 18.9. The fourth-order valence-electron chi connectivity index (χ4n) is 4.10. The van der Waals surface area contributed by atoms with Gasteiger partial charge in [-0.3, -0.25) is 9.20 Å². The molecule has 1 fully saturated rings. The van der Waals surface area contributed by atoms with E-state index in [2.05, 4.69) is 16.3 Å². The molecule has 1 saturated carbocycles. The number of hydrogen-bond acceptors (Lipinski definition) is 4. The summed E-state index contributed by atoms with van der Waals surface area (Å²) >= 11 is 0. The predicted octanol–water partition coefficient (Wildman–Crippen LogP) is 3.24. The molecule has 0 aromatic carbocycles. The summed E-state index contributed by atoms with van der Waals surface area (Å²) in [4.78, 5) is 22.5. The molecule has 0 amide bonds. The van der Waals surface area contributed by atoms with Crippen LogP contribution in [0.2, 0.25) is 0 Å². The molecule has 0 N–H and O–H groups in total. The van der Waals surface area contributed by atoms with Crippen molar-refractivity contribution in [2.24, 2.45) is 0 Å². The zero-order valence-electron chi connectivity index (χ0n) is 15.5. The Bertz CT molecular complexity index is 1250. The molecule has 4 heterocycles. The molecule has 2 unspecified atom stereocenters. The maximum Gasteiger partial charge on any atom is 0.261 e. The zero-order valence-corrected chi connectivity index (χ0v) is 15.5. The van der Waals surface area contributed by atoms with Gasteiger partial charge >= 0.3 is 0 Å². The number of aryl methyl sites for hydroxylation is 2. The minimum absolute atomic E-state index is 0.0358. The third kappa shape index (κ3) is 2.36. The van der Waals surface area contributed by atoms with E-state index < -0.39 is 0 Å². The zero-order chi connectivity index (χ0) is 18.7. The van der Waals surface area contributed by atoms with E-state index in [9.17, 15) is 4.79 Å². The van der Waals surface area contributed by atoms with Crippen LogP contribution in [0.4, 0.5) is 0 Å². The van der Waals surface area contributed by atoms with E-state index in [1.54, 1.807) is 17.7 Å². The highest BCUT2D eigenvalue weighted by atomic mass is 16.5. The highest BCUT2D eigenvalue weighted by molar-refractivity contribution is 5.51. The second-order valence-corrected chi connectivity index (χ2v) is 7.17. The van der Waals surface area contributed by atoms with Crippen molar-refractivity contribution in [3.8, 4) is 5.75 Å². The summed E-state index contributed by atoms with van der Waals surface area (Å²) in [5, 5.41) is 0. The van der Waals surface area contributed by atoms with Gasteiger partial charge in [-0.15, -0.1) is 0 Å². The first-order chi connectivity index (χ1) is 13.1. The summed E-state index contributed by atoms with van der Waals surface area (Å²) < 4.78 is 9.02. The van der Waals surface area contributed by atoms with Crippen LogP contribution in [0.1, 0.15) is 40.9 Å². The predicted molar refractivity (Wildman–Crippen MR) is 103 cm³/mol. The van der Waals surface area contributed by atoms with Gasteiger partial charge in [0.15, 0.2) is 0 Å². The lowest BCUT2D eigenvalue weighted by atomic mass is 10.1. The van der Waals surface area contributed by atoms with Gasteiger partial charge in [0.25, 0.3) is 5.56 Å². The lowest BCUT2D eigenvalue weighted by Crippen LogP contribution is -2.21. The van der Waals surface area contributed by atoms with Crippen molar-refractivity contribution >= 4 is 11.3 Å². The molecule has 0 saturated heterocycles. The van der Waals surface area contributed by atoms with E-state index in [1.807, 2.05) is 43.5 Å². The molecule has 0 bridgehead atoms. The minimum Gasteiger partial charge on any atom is -0.497 e. The fraction of sp³-hybridized carbons (Fsp3) is 0.286. The van der Waals surface area contributed by atoms with Crippen molar-refractivity contribution in [1.29, 1.82) is 0 Å². The molecule has 0 spiro atoms. The van der Waals surface area contributed by atoms with Gasteiger partial charge < -0.3 is 9.14 Å². The fourth-order valence-corrected chi connectivity index (χ4v) is 4.10. The highest BCUT2D eigenvalue weighted by Gasteiger charge is 2.45. The average molecular weight is 360 g/mol. The quantitative estimate of drug-likeness (QED) is 0.563. The number of nitrogens with zero attached hydrogens (tertiary/aromatic N) is 4. The Morgan fingerprint density at radius 2 is 1.89 bits per heavy atom. The van der Waals surface area contributed by atoms with Crippen LogP contribution in [0.25, 0.3) is 11.3 Å². The summed E-state index contributed by atoms with van der Waals surface area (Å²) in [6, 6.07) is 9.49. The van der Waals surface area contributed by atoms with E-state index in [0.717, 1.165) is 40.5 Å². The lowest BCUT2D eigenvalue weighted by molar-refractivity contribution is 0.414. The summed E-state index contributed by atoms with van der Waals surface area (Å²) in [6.45, 7) is 4.01. The first kappa shape index (κ1) is 16.1. The molecule has 6 nitrogen and oxygen atoms in total. The number of imidazole rings is 1. The molecule has 136 valence electrons. The maximum absolute atomic E-state index is 13.0. The van der Waals surface area contributed by atoms with Crippen molar-refractivity contribution < 1.29 is 4.74 Å². The lowest BCUT2D eigenvalue weighted by Gasteiger charge is -2.07. The molecule has 27 heavy (non-hydrogen) atoms. The Kier molecular flexibility index (Phi) is 3.37. The van der Waals surface area contributed by atoms with E-state index in [4.69, 9.17) is 9.72 Å². The molecular weight excluding hydrogens is 340 g/mol. The number of ether oxygens (including phenoxy) is 1. The summed E-state index contributed by atoms with van der Waals surface area (Å²) in [5.74, 6) is 1.22. The maximum atomic E-state index is 13.0. The molecule has 2 atom stereocenters. The van der Waals surface area contributed by atoms with Gasteiger partial charge in [0, 0.05) is 47.2 Å². The van der Waals surface area contributed by atoms with Crippen LogP contribution in [-0.4, -0.2) is 25.9 Å². The summed E-state index contributed by atoms with van der Waals surface area (Å²) in [7, 11) is 1.66. The molecule has 1 aliphatic rings. The monoisotopic (exact) mass is 360 g/mol. The standard InChI is InChI=1S/C21H20N4O2/c1-12-19(21(26)25-8-5-4-6-17(25)22-12)15-11-16(15)20-13(2)24-9-7-14(27-3)10-18(24)23-20/h4-10,15-16H,11H2,1-3H3. The van der Waals surface area contributed by atoms with E-state index >= 15 is 0 Å². The largest absolute Gasteiger partial charge is 0.497 e. The van der Waals surface area contributed by atoms with Crippen LogP contribution >= 0.6 is 0 Å². The van der Waals surface area contributed by atoms with Crippen LogP contribution in [-0.2, 0) is 0 Å². The van der Waals surface area contributed by atoms with Crippen LogP contribution in [0.3, 0.4) is 0 Å². The average Bonchev–Trinajstić information content (AvgIpc) is 3.38. The second kappa shape index (κ2) is 5.67. The smallest absolute Gasteiger partial charge is 0.261 e. The number of pyridine rings is 2. The van der Waals surface area contributed by atoms with Gasteiger partial charge in [-0.2, -0.15) is 0 Å². The van der Waals surface area contributed by atoms with Crippen LogP contribution in [0.5, 0.6) is 5.75 Å². The van der Waals surface area contributed by atoms with Crippen molar-refractivity contribution in [3.63, 3.8) is 0 Å². The first-order valence-electron chi connectivity index (χ1n) is 9.09. The van der Waals surface area contributed by atoms with Gasteiger partial charge in [-0.25, -0.2) is 9.97 Å². The Morgan fingerprint density at radius 1 is 1.04 bits per heavy atom. The molecule has 4 aromatic rings. The van der Waals surface area contributed by atoms with Gasteiger partial charge in [0.1, 0.15) is 17.0 Å². The second-order valence-electron chi connectivity index (χ2n) is 7.17. The van der Waals surface area contributed by atoms with Crippen molar-refractivity contribution in [1.82, 2.24) is 18.8 Å². The molecule has 4 aromatic heterocycles. The summed E-state index contributed by atoms with van der Waals surface area (Å²) in [6.07, 6.45) is 4.70. The van der Waals surface area contributed by atoms with Crippen LogP contribution in [0.15, 0.2) is 47.5 Å². The van der Waals surface area contributed by atoms with E-state index in [0.29, 0.717) is 5.65 Å². The Balaban J connectivity index is 1.58. The molecule has 5 rings (SSSR count). The van der Waals surface area contributed by atoms with Gasteiger partial charge in [0.05, 0.1) is 12.8 Å². The molecular formula is C21H20N4O2. The number of methoxy groups -OCH3 is 1. The first-order valence-corrected chi connectivity index (χ1v) is 9.09. The topological polar surface area (TPSA) is 60.9 Å². The number of fused-ring (bicyclic) bond motifs is 2. The third-order valence-corrected chi connectivity index (χ3v) is 5.58. The van der Waals surface area contributed by atoms with Crippen molar-refractivity contribution in [3.05, 3.63) is 75.7 Å². The van der Waals surface area contributed by atoms with Gasteiger partial charge in [-0.05, 0) is 38.5 Å². The summed E-state index contributed by atoms with van der Waals surface area (Å²) in [5.41, 5.74) is 5.42. The highest BCUT2D eigenvalue weighted by Crippen LogP contribution is 2.54. The Morgan fingerprint density at radius 3 is 2.70 bits per heavy atom. The van der Waals surface area contributed by atoms with Crippen LogP contribution in [0, 0.1) is 13.8 Å². The molecule has 0 radical (unpaired) electrons. The Hall–Kier alpha value is -3.15. The molecule has 1 aliphatic carbocycles. The SMILES string of the molecule is COc1ccn2c(C)c(C3CC3c3c(C)nc4ccccn4c3=O)nc2c1. The van der Waals surface area contributed by atoms with Crippen molar-refractivity contribution in [2.75, 3.05) is 7.11 Å². The van der Waals surface area contributed by atoms with Crippen molar-refractivity contribution in [2.45, 2.75) is 32.1 Å². The number of rotatable bonds is 3. The van der Waals surface area contributed by atoms with Crippen LogP contribution < -0.4 is 10.3 Å². The van der Waals surface area contributed by atoms with Gasteiger partial charge in [-0.1, -0.05) is 6.07 Å². The van der Waals surface area contributed by atoms with E-state index in [1.165, 1.54) is 0 Å². The van der Waals surface area contributed by atoms with E-state index in [-0.39, 0.29) is 17.4 Å². The molecule has 0 aliphatic heterocycles. The third-order valence-electron chi connectivity index (χ3n) is 5.58. The molecule has 6 heteroatoms. The minimum atomic E-state index is 0.0358. The Labute approximate surface area is 156 Å². The number of hydrogen-bond donors (Lipinski definition) is 0. The van der Waals surface area contributed by atoms with Gasteiger partial charge in [0.2, 0.25) is 0 Å².